The molecule has 0 aliphatic carbocycles. The molecule has 0 radical (unpaired) electrons. The third-order valence-electron chi connectivity index (χ3n) is 4.26. The molecular formula is C16H25N3O3S. The number of amides is 1. The van der Waals surface area contributed by atoms with Crippen LogP contribution < -0.4 is 10.5 Å². The third kappa shape index (κ3) is 4.76. The minimum absolute atomic E-state index is 0.118. The summed E-state index contributed by atoms with van der Waals surface area (Å²) in [6.45, 7) is 3.27. The summed E-state index contributed by atoms with van der Waals surface area (Å²) < 4.78 is 25.0. The number of carbonyl (C=O) groups excluding carboxylic acids is 1. The fraction of sp³-hybridized carbons (Fsp3) is 0.562. The molecule has 0 saturated carbocycles. The lowest BCUT2D eigenvalue weighted by atomic mass is 9.89. The summed E-state index contributed by atoms with van der Waals surface area (Å²) in [5, 5.41) is 0. The molecule has 2 rings (SSSR count). The number of hydrogen-bond donors (Lipinski definition) is 2. The van der Waals surface area contributed by atoms with Crippen LogP contribution in [-0.2, 0) is 20.4 Å². The molecule has 1 aliphatic rings. The molecular weight excluding hydrogens is 314 g/mol. The van der Waals surface area contributed by atoms with Crippen LogP contribution in [0.5, 0.6) is 0 Å². The number of carbonyl (C=O) groups is 1. The van der Waals surface area contributed by atoms with E-state index in [0.717, 1.165) is 24.7 Å². The molecule has 1 aliphatic heterocycles. The molecule has 1 aromatic rings. The van der Waals surface area contributed by atoms with Crippen LogP contribution in [0.3, 0.4) is 0 Å². The van der Waals surface area contributed by atoms with Crippen molar-refractivity contribution in [2.75, 3.05) is 25.9 Å². The Hall–Kier alpha value is -1.44. The highest BCUT2D eigenvalue weighted by atomic mass is 32.2. The SMILES string of the molecule is CC(N)(C(=O)N1CCCC(CNS(C)(=O)=O)C1)c1ccccc1. The number of likely N-dealkylation sites (tertiary alicyclic amines) is 1. The molecule has 2 atom stereocenters. The van der Waals surface area contributed by atoms with Gasteiger partial charge >= 0.3 is 0 Å². The van der Waals surface area contributed by atoms with E-state index in [1.165, 1.54) is 0 Å². The van der Waals surface area contributed by atoms with E-state index in [2.05, 4.69) is 4.72 Å². The first-order chi connectivity index (χ1) is 10.7. The smallest absolute Gasteiger partial charge is 0.246 e. The molecule has 0 bridgehead atoms. The van der Waals surface area contributed by atoms with Crippen LogP contribution >= 0.6 is 0 Å². The highest BCUT2D eigenvalue weighted by molar-refractivity contribution is 7.88. The number of hydrogen-bond acceptors (Lipinski definition) is 4. The van der Waals surface area contributed by atoms with Gasteiger partial charge in [0, 0.05) is 19.6 Å². The maximum absolute atomic E-state index is 12.8. The number of nitrogens with two attached hydrogens (primary N) is 1. The Labute approximate surface area is 138 Å². The van der Waals surface area contributed by atoms with Crippen molar-refractivity contribution in [3.8, 4) is 0 Å². The van der Waals surface area contributed by atoms with Gasteiger partial charge in [0.1, 0.15) is 5.54 Å². The summed E-state index contributed by atoms with van der Waals surface area (Å²) in [7, 11) is -3.21. The summed E-state index contributed by atoms with van der Waals surface area (Å²) in [5.74, 6) is 0.00162. The molecule has 1 fully saturated rings. The molecule has 23 heavy (non-hydrogen) atoms. The number of sulfonamides is 1. The second-order valence-corrected chi connectivity index (χ2v) is 8.28. The molecule has 0 spiro atoms. The van der Waals surface area contributed by atoms with Crippen LogP contribution in [0.4, 0.5) is 0 Å². The van der Waals surface area contributed by atoms with Crippen LogP contribution in [0.15, 0.2) is 30.3 Å². The first-order valence-corrected chi connectivity index (χ1v) is 9.67. The van der Waals surface area contributed by atoms with E-state index in [1.807, 2.05) is 30.3 Å². The first-order valence-electron chi connectivity index (χ1n) is 7.78. The second-order valence-electron chi connectivity index (χ2n) is 6.45. The lowest BCUT2D eigenvalue weighted by Crippen LogP contribution is -2.54. The Morgan fingerprint density at radius 1 is 1.39 bits per heavy atom. The monoisotopic (exact) mass is 339 g/mol. The molecule has 2 unspecified atom stereocenters. The Balaban J connectivity index is 2.04. The molecule has 7 heteroatoms. The highest BCUT2D eigenvalue weighted by Crippen LogP contribution is 2.24. The van der Waals surface area contributed by atoms with Gasteiger partial charge in [0.05, 0.1) is 6.26 Å². The van der Waals surface area contributed by atoms with Gasteiger partial charge in [-0.2, -0.15) is 0 Å². The lowest BCUT2D eigenvalue weighted by Gasteiger charge is -2.37. The van der Waals surface area contributed by atoms with Gasteiger partial charge in [-0.25, -0.2) is 13.1 Å². The summed E-state index contributed by atoms with van der Waals surface area (Å²) in [5.41, 5.74) is 6.00. The summed E-state index contributed by atoms with van der Waals surface area (Å²) in [6, 6.07) is 9.32. The van der Waals surface area contributed by atoms with Gasteiger partial charge in [-0.3, -0.25) is 4.79 Å². The fourth-order valence-corrected chi connectivity index (χ4v) is 3.46. The second kappa shape index (κ2) is 6.98. The van der Waals surface area contributed by atoms with Crippen LogP contribution in [0.25, 0.3) is 0 Å². The van der Waals surface area contributed by atoms with Crippen LogP contribution in [0.2, 0.25) is 0 Å². The van der Waals surface area contributed by atoms with E-state index in [4.69, 9.17) is 5.73 Å². The van der Waals surface area contributed by atoms with E-state index in [-0.39, 0.29) is 11.8 Å². The van der Waals surface area contributed by atoms with Crippen LogP contribution in [-0.4, -0.2) is 45.1 Å². The van der Waals surface area contributed by atoms with Gasteiger partial charge in [-0.05, 0) is 31.2 Å². The average molecular weight is 339 g/mol. The van der Waals surface area contributed by atoms with Crippen molar-refractivity contribution in [3.63, 3.8) is 0 Å². The zero-order valence-electron chi connectivity index (χ0n) is 13.7. The number of rotatable bonds is 5. The van der Waals surface area contributed by atoms with Crippen molar-refractivity contribution in [1.82, 2.24) is 9.62 Å². The van der Waals surface area contributed by atoms with Crippen LogP contribution in [0.1, 0.15) is 25.3 Å². The molecule has 1 heterocycles. The minimum Gasteiger partial charge on any atom is -0.340 e. The maximum atomic E-state index is 12.8. The quantitative estimate of drug-likeness (QED) is 0.824. The van der Waals surface area contributed by atoms with Crippen molar-refractivity contribution in [1.29, 1.82) is 0 Å². The fourth-order valence-electron chi connectivity index (χ4n) is 2.92. The largest absolute Gasteiger partial charge is 0.340 e. The zero-order chi connectivity index (χ0) is 17.1. The van der Waals surface area contributed by atoms with Crippen molar-refractivity contribution in [3.05, 3.63) is 35.9 Å². The molecule has 128 valence electrons. The molecule has 0 aromatic heterocycles. The van der Waals surface area contributed by atoms with Gasteiger partial charge in [0.25, 0.3) is 0 Å². The van der Waals surface area contributed by atoms with Gasteiger partial charge < -0.3 is 10.6 Å². The number of nitrogens with zero attached hydrogens (tertiary/aromatic N) is 1. The Morgan fingerprint density at radius 3 is 2.65 bits per heavy atom. The van der Waals surface area contributed by atoms with Gasteiger partial charge in [0.15, 0.2) is 0 Å². The summed E-state index contributed by atoms with van der Waals surface area (Å²) in [6.07, 6.45) is 2.90. The predicted molar refractivity (Wildman–Crippen MR) is 90.1 cm³/mol. The first kappa shape index (κ1) is 17.9. The molecule has 1 aromatic carbocycles. The van der Waals surface area contributed by atoms with Gasteiger partial charge in [0.2, 0.25) is 15.9 Å². The van der Waals surface area contributed by atoms with Gasteiger partial charge in [-0.15, -0.1) is 0 Å². The number of piperidine rings is 1. The topological polar surface area (TPSA) is 92.5 Å². The predicted octanol–water partition coefficient (Wildman–Crippen LogP) is 0.648. The van der Waals surface area contributed by atoms with Crippen molar-refractivity contribution >= 4 is 15.9 Å². The third-order valence-corrected chi connectivity index (χ3v) is 4.95. The van der Waals surface area contributed by atoms with E-state index in [9.17, 15) is 13.2 Å². The van der Waals surface area contributed by atoms with E-state index in [1.54, 1.807) is 11.8 Å². The number of nitrogens with one attached hydrogen (secondary N) is 1. The van der Waals surface area contributed by atoms with E-state index in [0.29, 0.717) is 19.6 Å². The highest BCUT2D eigenvalue weighted by Gasteiger charge is 2.36. The van der Waals surface area contributed by atoms with E-state index >= 15 is 0 Å². The number of benzene rings is 1. The van der Waals surface area contributed by atoms with Crippen molar-refractivity contribution < 1.29 is 13.2 Å². The Bertz CT molecular complexity index is 644. The van der Waals surface area contributed by atoms with Gasteiger partial charge in [-0.1, -0.05) is 30.3 Å². The van der Waals surface area contributed by atoms with Crippen molar-refractivity contribution in [2.24, 2.45) is 11.7 Å². The van der Waals surface area contributed by atoms with Crippen LogP contribution in [0, 0.1) is 5.92 Å². The average Bonchev–Trinajstić information content (AvgIpc) is 2.52. The minimum atomic E-state index is -3.21. The van der Waals surface area contributed by atoms with E-state index < -0.39 is 15.6 Å². The summed E-state index contributed by atoms with van der Waals surface area (Å²) >= 11 is 0. The molecule has 3 N–H and O–H groups in total. The maximum Gasteiger partial charge on any atom is 0.246 e. The molecule has 1 amide bonds. The Kier molecular flexibility index (Phi) is 5.44. The normalized spacial score (nSPS) is 21.7. The zero-order valence-corrected chi connectivity index (χ0v) is 14.5. The Morgan fingerprint density at radius 2 is 2.04 bits per heavy atom. The molecule has 6 nitrogen and oxygen atoms in total. The summed E-state index contributed by atoms with van der Waals surface area (Å²) in [4.78, 5) is 14.6. The van der Waals surface area contributed by atoms with Crippen molar-refractivity contribution in [2.45, 2.75) is 25.3 Å². The molecule has 1 saturated heterocycles. The lowest BCUT2D eigenvalue weighted by molar-refractivity contribution is -0.138. The standard InChI is InChI=1S/C16H25N3O3S/c1-16(17,14-8-4-3-5-9-14)15(20)19-10-6-7-13(12-19)11-18-23(2,21)22/h3-5,8-9,13,18H,6-7,10-12,17H2,1-2H3.